The van der Waals surface area contributed by atoms with Crippen molar-refractivity contribution >= 4 is 0 Å². The van der Waals surface area contributed by atoms with Crippen LogP contribution in [0, 0.1) is 1460 Å². The molecule has 0 spiro atoms. The van der Waals surface area contributed by atoms with Crippen molar-refractivity contribution in [1.82, 2.24) is 0 Å². The molecule has 0 saturated carbocycles. The molecule has 0 aromatic rings. The molecule has 188 valence electrons. The molecule has 0 unspecified atom stereocenters. The zero-order valence-corrected chi connectivity index (χ0v) is 219. The van der Waals surface area contributed by atoms with Crippen LogP contribution in [0.2, 0.25) is 0 Å². The van der Waals surface area contributed by atoms with E-state index in [2.05, 4.69) is 0 Å². The Kier molecular flexibility index (Phi) is 2660. The Labute approximate surface area is 1410 Å². The van der Waals surface area contributed by atoms with Gasteiger partial charge in [0.2, 0.25) is 0 Å². The van der Waals surface area contributed by atoms with Crippen molar-refractivity contribution in [1.29, 1.82) is 0 Å². The van der Waals surface area contributed by atoms with Gasteiger partial charge in [0.25, 0.3) is 0 Å². The molecule has 47 heavy (non-hydrogen) atoms. The van der Waals surface area contributed by atoms with Crippen molar-refractivity contribution in [2.24, 2.45) is 0 Å². The quantitative estimate of drug-likeness (QED) is 0.321. The van der Waals surface area contributed by atoms with Crippen molar-refractivity contribution in [2.75, 3.05) is 0 Å². The molecule has 0 radical (unpaired) electrons. The molecular formula is U47. The zero-order valence-electron chi connectivity index (χ0n) is 23.5. The molecule has 0 amide bonds. The second-order valence-corrected chi connectivity index (χ2v) is 0. The first-order valence-corrected chi connectivity index (χ1v) is 0. The van der Waals surface area contributed by atoms with E-state index < -0.39 is 0 Å². The van der Waals surface area contributed by atoms with Gasteiger partial charge in [-0.05, 0) is 0 Å². The normalized spacial score (nSPS) is 0. The Morgan fingerprint density at radius 3 is 0.0213 bits per heavy atom. The third-order valence-electron chi connectivity index (χ3n) is 0. The number of hydrogen-bond donors (Lipinski definition) is 0. The summed E-state index contributed by atoms with van der Waals surface area (Å²) in [6.07, 6.45) is 0. The summed E-state index contributed by atoms with van der Waals surface area (Å²) in [4.78, 5) is 0. The van der Waals surface area contributed by atoms with Crippen LogP contribution in [0.25, 0.3) is 0 Å². The van der Waals surface area contributed by atoms with Crippen LogP contribution < -0.4 is 0 Å². The summed E-state index contributed by atoms with van der Waals surface area (Å²) >= 11 is 0. The largest absolute Gasteiger partial charge is 0 e. The smallest absolute Gasteiger partial charge is 0 e. The van der Waals surface area contributed by atoms with Crippen molar-refractivity contribution in [3.8, 4) is 0 Å². The molecule has 0 atom stereocenters. The SMILES string of the molecule is [U].[U].[U].[U].[U].[U].[U].[U].[U].[U].[U].[U].[U].[U].[U].[U].[U].[U].[U].[U].[U].[U].[U].[U].[U].[U].[U].[U].[U].[U].[U].[U].[U].[U].[U].[U].[U].[U].[U].[U].[U].[U].[U].[U].[U].[U].[U]. The molecule has 0 nitrogen and oxygen atoms in total. The Morgan fingerprint density at radius 1 is 0.0213 bits per heavy atom. The van der Waals surface area contributed by atoms with Crippen LogP contribution in [-0.4, -0.2) is 0 Å². The molecule has 0 aromatic heterocycles. The molecule has 0 aliphatic rings. The molecule has 0 rings (SSSR count). The van der Waals surface area contributed by atoms with Gasteiger partial charge in [-0.3, -0.25) is 0 Å². The Hall–Kier alpha value is 49.4. The van der Waals surface area contributed by atoms with E-state index in [9.17, 15) is 0 Å². The van der Waals surface area contributed by atoms with E-state index in [1.807, 2.05) is 0 Å². The average Bonchev–Trinajstić information content (AvgIpc) is 0. The molecule has 0 bridgehead atoms. The van der Waals surface area contributed by atoms with Crippen LogP contribution in [-0.2, 0) is 0 Å². The molecule has 0 saturated heterocycles. The van der Waals surface area contributed by atoms with Crippen molar-refractivity contribution in [2.45, 2.75) is 0 Å². The van der Waals surface area contributed by atoms with Crippen LogP contribution in [0.15, 0.2) is 0 Å². The first kappa shape index (κ1) is 359. The van der Waals surface area contributed by atoms with Crippen LogP contribution in [0.3, 0.4) is 0 Å². The summed E-state index contributed by atoms with van der Waals surface area (Å²) in [5, 5.41) is 0. The van der Waals surface area contributed by atoms with Gasteiger partial charge in [-0.2, -0.15) is 0 Å². The van der Waals surface area contributed by atoms with Crippen molar-refractivity contribution < 1.29 is 1460 Å². The molecule has 47 heteroatoms. The molecule has 0 aliphatic heterocycles. The molecule has 0 fully saturated rings. The minimum Gasteiger partial charge on any atom is 0 e. The number of hydrogen-bond acceptors (Lipinski definition) is 0. The summed E-state index contributed by atoms with van der Waals surface area (Å²) < 4.78 is 0. The minimum absolute atomic E-state index is 0. The zero-order chi connectivity index (χ0) is 0. The summed E-state index contributed by atoms with van der Waals surface area (Å²) in [5.41, 5.74) is 0. The Morgan fingerprint density at radius 2 is 0.0213 bits per heavy atom. The first-order chi connectivity index (χ1) is 0. The van der Waals surface area contributed by atoms with Gasteiger partial charge in [-0.1, -0.05) is 0 Å². The van der Waals surface area contributed by atoms with Gasteiger partial charge in [-0.25, -0.2) is 0 Å². The maximum atomic E-state index is 0. The molecule has 0 aromatic carbocycles. The van der Waals surface area contributed by atoms with Gasteiger partial charge >= 0.3 is 0 Å². The van der Waals surface area contributed by atoms with Gasteiger partial charge in [0.15, 0.2) is 0 Å². The topological polar surface area (TPSA) is 0 Å². The fraction of sp³-hybridized carbons (Fsp3) is 0. The molecule has 0 N–H and O–H groups in total. The Bertz CT molecular complexity index is 0. The van der Waals surface area contributed by atoms with Crippen LogP contribution in [0.5, 0.6) is 0 Å². The monoisotopic (exact) mass is 11200 g/mol. The number of rotatable bonds is 0. The van der Waals surface area contributed by atoms with E-state index in [0.29, 0.717) is 0 Å². The fourth-order valence-electron chi connectivity index (χ4n) is 0. The second kappa shape index (κ2) is 348. The molecule has 0 aliphatic carbocycles. The van der Waals surface area contributed by atoms with Gasteiger partial charge in [0.05, 0.1) is 0 Å². The summed E-state index contributed by atoms with van der Waals surface area (Å²) in [6.45, 7) is 0. The Balaban J connectivity index is 0. The second-order valence-electron chi connectivity index (χ2n) is 0. The minimum atomic E-state index is 0. The third-order valence-corrected chi connectivity index (χ3v) is 0. The maximum absolute atomic E-state index is 0. The van der Waals surface area contributed by atoms with Gasteiger partial charge < -0.3 is 0 Å². The summed E-state index contributed by atoms with van der Waals surface area (Å²) in [6, 6.07) is 0. The molecular weight excluding hydrogens is 11200 g/mol. The summed E-state index contributed by atoms with van der Waals surface area (Å²) in [5.74, 6) is 0. The van der Waals surface area contributed by atoms with Crippen molar-refractivity contribution in [3.63, 3.8) is 0 Å². The van der Waals surface area contributed by atoms with Gasteiger partial charge in [0, 0.05) is 1460 Å². The maximum Gasteiger partial charge on any atom is 0 e. The van der Waals surface area contributed by atoms with E-state index in [0.717, 1.165) is 0 Å². The van der Waals surface area contributed by atoms with E-state index in [-0.39, 0.29) is 1460 Å². The van der Waals surface area contributed by atoms with Crippen molar-refractivity contribution in [3.05, 3.63) is 0 Å². The van der Waals surface area contributed by atoms with E-state index in [1.165, 1.54) is 0 Å². The van der Waals surface area contributed by atoms with E-state index >= 15 is 0 Å². The van der Waals surface area contributed by atoms with Gasteiger partial charge in [-0.15, -0.1) is 0 Å². The van der Waals surface area contributed by atoms with E-state index in [1.54, 1.807) is 0 Å². The van der Waals surface area contributed by atoms with Crippen LogP contribution in [0.1, 0.15) is 0 Å². The van der Waals surface area contributed by atoms with Gasteiger partial charge in [0.1, 0.15) is 0 Å². The van der Waals surface area contributed by atoms with E-state index in [4.69, 9.17) is 0 Å². The third kappa shape index (κ3) is 341. The first-order valence-electron chi connectivity index (χ1n) is 0. The predicted molar refractivity (Wildman–Crippen MR) is 0 cm³/mol. The van der Waals surface area contributed by atoms with Crippen LogP contribution in [0.4, 0.5) is 0 Å². The molecule has 0 heterocycles. The summed E-state index contributed by atoms with van der Waals surface area (Å²) in [7, 11) is 0. The van der Waals surface area contributed by atoms with Crippen LogP contribution >= 0.6 is 0 Å². The fourth-order valence-corrected chi connectivity index (χ4v) is 0. The predicted octanol–water partition coefficient (Wildman–Crippen LogP) is 0. The standard InChI is InChI=1S/47U. The average molecular weight is 11200 g/mol.